The number of para-hydroxylation sites is 1. The molecule has 4 amide bonds. The van der Waals surface area contributed by atoms with E-state index in [1.165, 1.54) is 0 Å². The van der Waals surface area contributed by atoms with Gasteiger partial charge in [-0.2, -0.15) is 0 Å². The number of nitrogens with one attached hydrogen (secondary N) is 4. The SMILES string of the molecule is NC(=O)NCc1ccc(CNC(=O)[C@@H](CCCN=C(N)N)NC(=O)Cc2c[nH]c3ccccc23)cc1. The van der Waals surface area contributed by atoms with Crippen LogP contribution in [0.4, 0.5) is 4.79 Å². The molecule has 1 atom stereocenters. The number of nitrogens with two attached hydrogens (primary N) is 3. The zero-order chi connectivity index (χ0) is 25.9. The maximum Gasteiger partial charge on any atom is 0.312 e. The lowest BCUT2D eigenvalue weighted by molar-refractivity contribution is -0.129. The van der Waals surface area contributed by atoms with Crippen LogP contribution in [0.3, 0.4) is 0 Å². The Balaban J connectivity index is 1.59. The van der Waals surface area contributed by atoms with Crippen LogP contribution >= 0.6 is 0 Å². The van der Waals surface area contributed by atoms with Gasteiger partial charge in [-0.25, -0.2) is 4.79 Å². The summed E-state index contributed by atoms with van der Waals surface area (Å²) in [6.45, 7) is 0.957. The molecule has 0 radical (unpaired) electrons. The minimum absolute atomic E-state index is 0.0196. The number of carbonyl (C=O) groups excluding carboxylic acids is 3. The summed E-state index contributed by atoms with van der Waals surface area (Å²) in [5.41, 5.74) is 19.4. The van der Waals surface area contributed by atoms with Gasteiger partial charge in [0.05, 0.1) is 6.42 Å². The van der Waals surface area contributed by atoms with E-state index in [2.05, 4.69) is 25.9 Å². The van der Waals surface area contributed by atoms with Crippen LogP contribution in [0.15, 0.2) is 59.7 Å². The van der Waals surface area contributed by atoms with Crippen LogP contribution in [-0.4, -0.2) is 41.4 Å². The van der Waals surface area contributed by atoms with Crippen molar-refractivity contribution < 1.29 is 14.4 Å². The zero-order valence-electron chi connectivity index (χ0n) is 19.9. The van der Waals surface area contributed by atoms with Crippen molar-refractivity contribution >= 4 is 34.7 Å². The minimum atomic E-state index is -0.740. The number of primary amides is 1. The number of benzene rings is 2. The van der Waals surface area contributed by atoms with Crippen molar-refractivity contribution in [1.29, 1.82) is 0 Å². The van der Waals surface area contributed by atoms with Gasteiger partial charge in [-0.05, 0) is 35.6 Å². The van der Waals surface area contributed by atoms with Crippen molar-refractivity contribution in [3.8, 4) is 0 Å². The van der Waals surface area contributed by atoms with Gasteiger partial charge in [0.15, 0.2) is 5.96 Å². The van der Waals surface area contributed by atoms with Crippen molar-refractivity contribution in [2.24, 2.45) is 22.2 Å². The Hall–Kier alpha value is -4.54. The first-order valence-electron chi connectivity index (χ1n) is 11.6. The number of carbonyl (C=O) groups is 3. The van der Waals surface area contributed by atoms with E-state index in [4.69, 9.17) is 17.2 Å². The number of nitrogens with zero attached hydrogens (tertiary/aromatic N) is 1. The molecule has 36 heavy (non-hydrogen) atoms. The molecule has 10 N–H and O–H groups in total. The van der Waals surface area contributed by atoms with Gasteiger partial charge >= 0.3 is 6.03 Å². The highest BCUT2D eigenvalue weighted by Crippen LogP contribution is 2.18. The molecule has 190 valence electrons. The van der Waals surface area contributed by atoms with Gasteiger partial charge in [0.25, 0.3) is 0 Å². The summed E-state index contributed by atoms with van der Waals surface area (Å²) in [7, 11) is 0. The molecule has 0 aliphatic carbocycles. The Labute approximate surface area is 208 Å². The van der Waals surface area contributed by atoms with Gasteiger partial charge < -0.3 is 38.1 Å². The van der Waals surface area contributed by atoms with Crippen molar-refractivity contribution in [2.45, 2.75) is 38.4 Å². The molecule has 0 aliphatic heterocycles. The zero-order valence-corrected chi connectivity index (χ0v) is 19.9. The summed E-state index contributed by atoms with van der Waals surface area (Å²) in [4.78, 5) is 43.7. The Morgan fingerprint density at radius 1 is 0.917 bits per heavy atom. The minimum Gasteiger partial charge on any atom is -0.370 e. The number of rotatable bonds is 12. The molecule has 11 nitrogen and oxygen atoms in total. The Bertz CT molecular complexity index is 1220. The fraction of sp³-hybridized carbons (Fsp3) is 0.280. The lowest BCUT2D eigenvalue weighted by Gasteiger charge is -2.18. The van der Waals surface area contributed by atoms with Crippen LogP contribution in [-0.2, 0) is 29.1 Å². The van der Waals surface area contributed by atoms with Crippen LogP contribution in [0.25, 0.3) is 10.9 Å². The number of hydrogen-bond acceptors (Lipinski definition) is 4. The molecule has 11 heteroatoms. The molecule has 0 saturated heterocycles. The molecule has 1 heterocycles. The normalized spacial score (nSPS) is 11.4. The fourth-order valence-corrected chi connectivity index (χ4v) is 3.75. The van der Waals surface area contributed by atoms with E-state index in [1.54, 1.807) is 6.20 Å². The van der Waals surface area contributed by atoms with E-state index in [1.807, 2.05) is 48.5 Å². The molecule has 0 spiro atoms. The molecule has 0 fully saturated rings. The molecule has 0 saturated carbocycles. The predicted octanol–water partition coefficient (Wildman–Crippen LogP) is 0.734. The van der Waals surface area contributed by atoms with E-state index >= 15 is 0 Å². The number of urea groups is 1. The molecule has 1 aromatic heterocycles. The Morgan fingerprint density at radius 3 is 2.25 bits per heavy atom. The van der Waals surface area contributed by atoms with Gasteiger partial charge in [0.2, 0.25) is 11.8 Å². The van der Waals surface area contributed by atoms with E-state index in [9.17, 15) is 14.4 Å². The van der Waals surface area contributed by atoms with Crippen LogP contribution in [0, 0.1) is 0 Å². The van der Waals surface area contributed by atoms with Gasteiger partial charge in [0, 0.05) is 36.7 Å². The van der Waals surface area contributed by atoms with Crippen molar-refractivity contribution in [3.05, 3.63) is 71.4 Å². The van der Waals surface area contributed by atoms with Gasteiger partial charge in [0.1, 0.15) is 6.04 Å². The molecule has 0 unspecified atom stereocenters. The number of hydrogen-bond donors (Lipinski definition) is 7. The number of amides is 4. The van der Waals surface area contributed by atoms with E-state index < -0.39 is 12.1 Å². The van der Waals surface area contributed by atoms with Crippen LogP contribution in [0.1, 0.15) is 29.5 Å². The molecular weight excluding hydrogens is 460 g/mol. The number of H-pyrrole nitrogens is 1. The number of aliphatic imine (C=N–C) groups is 1. The molecular formula is C25H32N8O3. The number of aromatic amines is 1. The second-order valence-corrected chi connectivity index (χ2v) is 8.36. The monoisotopic (exact) mass is 492 g/mol. The highest BCUT2D eigenvalue weighted by molar-refractivity contribution is 5.91. The summed E-state index contributed by atoms with van der Waals surface area (Å²) < 4.78 is 0. The number of fused-ring (bicyclic) bond motifs is 1. The van der Waals surface area contributed by atoms with Crippen molar-refractivity contribution in [2.75, 3.05) is 6.54 Å². The second kappa shape index (κ2) is 12.8. The first kappa shape index (κ1) is 26.1. The highest BCUT2D eigenvalue weighted by Gasteiger charge is 2.21. The van der Waals surface area contributed by atoms with Crippen LogP contribution in [0.5, 0.6) is 0 Å². The first-order valence-corrected chi connectivity index (χ1v) is 11.6. The summed E-state index contributed by atoms with van der Waals surface area (Å²) in [6.07, 6.45) is 2.84. The third-order valence-electron chi connectivity index (χ3n) is 5.58. The van der Waals surface area contributed by atoms with E-state index in [-0.39, 0.29) is 30.7 Å². The second-order valence-electron chi connectivity index (χ2n) is 8.36. The van der Waals surface area contributed by atoms with Crippen LogP contribution in [0.2, 0.25) is 0 Å². The third kappa shape index (κ3) is 8.05. The highest BCUT2D eigenvalue weighted by atomic mass is 16.2. The van der Waals surface area contributed by atoms with Crippen molar-refractivity contribution in [3.63, 3.8) is 0 Å². The predicted molar refractivity (Wildman–Crippen MR) is 139 cm³/mol. The van der Waals surface area contributed by atoms with Gasteiger partial charge in [-0.15, -0.1) is 0 Å². The summed E-state index contributed by atoms with van der Waals surface area (Å²) in [5, 5.41) is 9.22. The average molecular weight is 493 g/mol. The van der Waals surface area contributed by atoms with Crippen LogP contribution < -0.4 is 33.2 Å². The molecule has 0 aliphatic rings. The lowest BCUT2D eigenvalue weighted by Crippen LogP contribution is -2.47. The topological polar surface area (TPSA) is 194 Å². The third-order valence-corrected chi connectivity index (χ3v) is 5.58. The maximum atomic E-state index is 13.0. The summed E-state index contributed by atoms with van der Waals surface area (Å²) in [6, 6.07) is 13.8. The average Bonchev–Trinajstić information content (AvgIpc) is 3.26. The fourth-order valence-electron chi connectivity index (χ4n) is 3.75. The number of guanidine groups is 1. The molecule has 0 bridgehead atoms. The maximum absolute atomic E-state index is 13.0. The smallest absolute Gasteiger partial charge is 0.312 e. The molecule has 2 aromatic carbocycles. The van der Waals surface area contributed by atoms with E-state index in [0.717, 1.165) is 27.6 Å². The summed E-state index contributed by atoms with van der Waals surface area (Å²) >= 11 is 0. The first-order chi connectivity index (χ1) is 17.3. The lowest BCUT2D eigenvalue weighted by atomic mass is 10.1. The Morgan fingerprint density at radius 2 is 1.58 bits per heavy atom. The van der Waals surface area contributed by atoms with Crippen molar-refractivity contribution in [1.82, 2.24) is 20.9 Å². The Kier molecular flexibility index (Phi) is 9.26. The largest absolute Gasteiger partial charge is 0.370 e. The quantitative estimate of drug-likeness (QED) is 0.111. The van der Waals surface area contributed by atoms with Gasteiger partial charge in [-0.3, -0.25) is 14.6 Å². The summed E-state index contributed by atoms with van der Waals surface area (Å²) in [5.74, 6) is -0.576. The van der Waals surface area contributed by atoms with E-state index in [0.29, 0.717) is 25.9 Å². The molecule has 3 aromatic rings. The number of aromatic nitrogens is 1. The standard InChI is InChI=1S/C25H32N8O3/c26-24(27)29-11-3-6-21(33-22(34)12-18-15-30-20-5-2-1-4-19(18)20)23(35)31-13-16-7-9-17(10-8-16)14-32-25(28)36/h1-2,4-5,7-10,15,21,30H,3,6,11-14H2,(H,31,35)(H,33,34)(H4,26,27,29)(H3,28,32,36)/t21-/m1/s1. The van der Waals surface area contributed by atoms with Gasteiger partial charge in [-0.1, -0.05) is 42.5 Å². The molecule has 3 rings (SSSR count).